The Morgan fingerprint density at radius 1 is 1.19 bits per heavy atom. The second-order valence-electron chi connectivity index (χ2n) is 9.17. The Morgan fingerprint density at radius 2 is 2.06 bits per heavy atom. The Kier molecular flexibility index (Phi) is 8.14. The third kappa shape index (κ3) is 6.39. The number of nitrogens with zero attached hydrogens (tertiary/aromatic N) is 4. The first-order chi connectivity index (χ1) is 15.2. The molecule has 1 unspecified atom stereocenters. The molecular weight excluding hydrogens is 388 g/mol. The highest BCUT2D eigenvalue weighted by atomic mass is 16.5. The fraction of sp³-hybridized carbons (Fsp3) is 0.640. The van der Waals surface area contributed by atoms with E-state index in [-0.39, 0.29) is 0 Å². The van der Waals surface area contributed by atoms with Gasteiger partial charge in [-0.2, -0.15) is 5.10 Å². The number of rotatable bonds is 10. The Morgan fingerprint density at radius 3 is 2.74 bits per heavy atom. The number of methoxy groups -OCH3 is 1. The number of aromatic nitrogens is 2. The monoisotopic (exact) mass is 426 g/mol. The van der Waals surface area contributed by atoms with Crippen molar-refractivity contribution in [3.05, 3.63) is 47.8 Å². The zero-order chi connectivity index (χ0) is 21.5. The predicted octanol–water partition coefficient (Wildman–Crippen LogP) is 3.52. The van der Waals surface area contributed by atoms with Gasteiger partial charge in [-0.3, -0.25) is 4.90 Å². The quantitative estimate of drug-likeness (QED) is 0.582. The van der Waals surface area contributed by atoms with Gasteiger partial charge in [0.2, 0.25) is 0 Å². The van der Waals surface area contributed by atoms with Crippen LogP contribution < -0.4 is 0 Å². The standard InChI is InChI=1S/C25H38N4O2/c1-21-17-24(29-11-4-10-26-29)7-6-23(21)19-28(20-25-5-3-15-31-25)18-22-8-12-27(13-9-22)14-16-30-2/h4,6-7,10-11,17,22,25H,3,5,8-9,12-16,18-20H2,1-2H3. The summed E-state index contributed by atoms with van der Waals surface area (Å²) in [6, 6.07) is 8.68. The van der Waals surface area contributed by atoms with E-state index < -0.39 is 0 Å². The minimum absolute atomic E-state index is 0.394. The van der Waals surface area contributed by atoms with E-state index in [0.717, 1.165) is 44.5 Å². The van der Waals surface area contributed by atoms with Crippen molar-refractivity contribution in [2.45, 2.75) is 45.3 Å². The molecule has 0 aliphatic carbocycles. The van der Waals surface area contributed by atoms with Crippen molar-refractivity contribution in [3.8, 4) is 5.69 Å². The van der Waals surface area contributed by atoms with Crippen LogP contribution in [0.25, 0.3) is 5.69 Å². The lowest BCUT2D eigenvalue weighted by Gasteiger charge is -2.35. The van der Waals surface area contributed by atoms with Gasteiger partial charge in [0.15, 0.2) is 0 Å². The summed E-state index contributed by atoms with van der Waals surface area (Å²) >= 11 is 0. The molecule has 0 saturated carbocycles. The van der Waals surface area contributed by atoms with Crippen LogP contribution in [0.3, 0.4) is 0 Å². The molecule has 2 saturated heterocycles. The molecule has 0 spiro atoms. The van der Waals surface area contributed by atoms with Crippen LogP contribution >= 0.6 is 0 Å². The zero-order valence-electron chi connectivity index (χ0n) is 19.2. The van der Waals surface area contributed by atoms with Crippen molar-refractivity contribution in [1.82, 2.24) is 19.6 Å². The lowest BCUT2D eigenvalue weighted by Crippen LogP contribution is -2.41. The molecule has 2 aliphatic heterocycles. The molecule has 0 amide bonds. The summed E-state index contributed by atoms with van der Waals surface area (Å²) in [4.78, 5) is 5.20. The molecule has 1 atom stereocenters. The summed E-state index contributed by atoms with van der Waals surface area (Å²) in [6.07, 6.45) is 9.18. The molecule has 6 heteroatoms. The molecule has 31 heavy (non-hydrogen) atoms. The molecule has 2 aromatic rings. The fourth-order valence-electron chi connectivity index (χ4n) is 4.92. The molecule has 0 bridgehead atoms. The van der Waals surface area contributed by atoms with E-state index >= 15 is 0 Å². The van der Waals surface area contributed by atoms with E-state index in [1.807, 2.05) is 23.1 Å². The maximum atomic E-state index is 5.99. The molecule has 0 radical (unpaired) electrons. The molecular formula is C25H38N4O2. The third-order valence-corrected chi connectivity index (χ3v) is 6.81. The molecule has 6 nitrogen and oxygen atoms in total. The van der Waals surface area contributed by atoms with Gasteiger partial charge in [0, 0.05) is 52.3 Å². The molecule has 2 fully saturated rings. The molecule has 1 aromatic carbocycles. The Hall–Kier alpha value is -1.73. The van der Waals surface area contributed by atoms with Gasteiger partial charge < -0.3 is 14.4 Å². The Labute approximate surface area is 187 Å². The normalized spacial score (nSPS) is 20.7. The van der Waals surface area contributed by atoms with Crippen molar-refractivity contribution in [1.29, 1.82) is 0 Å². The van der Waals surface area contributed by atoms with E-state index in [0.29, 0.717) is 6.10 Å². The summed E-state index contributed by atoms with van der Waals surface area (Å²) in [7, 11) is 1.79. The van der Waals surface area contributed by atoms with Crippen molar-refractivity contribution < 1.29 is 9.47 Å². The van der Waals surface area contributed by atoms with Gasteiger partial charge in [-0.1, -0.05) is 6.07 Å². The third-order valence-electron chi connectivity index (χ3n) is 6.81. The zero-order valence-corrected chi connectivity index (χ0v) is 19.2. The summed E-state index contributed by atoms with van der Waals surface area (Å²) in [5.74, 6) is 0.767. The summed E-state index contributed by atoms with van der Waals surface area (Å²) in [5, 5.41) is 4.37. The van der Waals surface area contributed by atoms with Gasteiger partial charge in [-0.25, -0.2) is 4.68 Å². The van der Waals surface area contributed by atoms with Crippen LogP contribution in [0.5, 0.6) is 0 Å². The molecule has 170 valence electrons. The predicted molar refractivity (Wildman–Crippen MR) is 124 cm³/mol. The largest absolute Gasteiger partial charge is 0.383 e. The maximum absolute atomic E-state index is 5.99. The van der Waals surface area contributed by atoms with Crippen LogP contribution in [0, 0.1) is 12.8 Å². The highest BCUT2D eigenvalue weighted by molar-refractivity contribution is 5.39. The van der Waals surface area contributed by atoms with Crippen molar-refractivity contribution in [2.75, 3.05) is 53.0 Å². The van der Waals surface area contributed by atoms with E-state index in [1.165, 1.54) is 56.4 Å². The minimum atomic E-state index is 0.394. The van der Waals surface area contributed by atoms with Crippen molar-refractivity contribution in [2.24, 2.45) is 5.92 Å². The first-order valence-electron chi connectivity index (χ1n) is 11.9. The van der Waals surface area contributed by atoms with Gasteiger partial charge in [-0.05, 0) is 80.9 Å². The van der Waals surface area contributed by atoms with E-state index in [1.54, 1.807) is 7.11 Å². The fourth-order valence-corrected chi connectivity index (χ4v) is 4.92. The molecule has 1 aromatic heterocycles. The van der Waals surface area contributed by atoms with Crippen molar-refractivity contribution >= 4 is 0 Å². The lowest BCUT2D eigenvalue weighted by molar-refractivity contribution is 0.0551. The van der Waals surface area contributed by atoms with Crippen molar-refractivity contribution in [3.63, 3.8) is 0 Å². The summed E-state index contributed by atoms with van der Waals surface area (Å²) in [6.45, 7) is 10.6. The van der Waals surface area contributed by atoms with Gasteiger partial charge in [0.1, 0.15) is 0 Å². The number of aryl methyl sites for hydroxylation is 1. The Balaban J connectivity index is 1.38. The van der Waals surface area contributed by atoms with Crippen LogP contribution in [-0.2, 0) is 16.0 Å². The summed E-state index contributed by atoms with van der Waals surface area (Å²) < 4.78 is 13.2. The molecule has 4 rings (SSSR count). The van der Waals surface area contributed by atoms with Crippen LogP contribution in [0.1, 0.15) is 36.8 Å². The maximum Gasteiger partial charge on any atom is 0.0702 e. The average Bonchev–Trinajstić information content (AvgIpc) is 3.49. The topological polar surface area (TPSA) is 42.8 Å². The van der Waals surface area contributed by atoms with Crippen LogP contribution in [-0.4, -0.2) is 78.7 Å². The van der Waals surface area contributed by atoms with E-state index in [2.05, 4.69) is 40.0 Å². The number of ether oxygens (including phenoxy) is 2. The first-order valence-corrected chi connectivity index (χ1v) is 11.9. The van der Waals surface area contributed by atoms with Gasteiger partial charge in [-0.15, -0.1) is 0 Å². The smallest absolute Gasteiger partial charge is 0.0702 e. The average molecular weight is 427 g/mol. The number of benzene rings is 1. The van der Waals surface area contributed by atoms with Gasteiger partial charge in [0.25, 0.3) is 0 Å². The number of piperidine rings is 1. The molecule has 3 heterocycles. The van der Waals surface area contributed by atoms with E-state index in [9.17, 15) is 0 Å². The van der Waals surface area contributed by atoms with Crippen LogP contribution in [0.2, 0.25) is 0 Å². The summed E-state index contributed by atoms with van der Waals surface area (Å²) in [5.41, 5.74) is 3.87. The van der Waals surface area contributed by atoms with Crippen LogP contribution in [0.15, 0.2) is 36.7 Å². The number of hydrogen-bond acceptors (Lipinski definition) is 5. The second kappa shape index (κ2) is 11.2. The SMILES string of the molecule is COCCN1CCC(CN(Cc2ccc(-n3cccn3)cc2C)CC2CCCO2)CC1. The number of hydrogen-bond donors (Lipinski definition) is 0. The lowest BCUT2D eigenvalue weighted by atomic mass is 9.95. The minimum Gasteiger partial charge on any atom is -0.383 e. The van der Waals surface area contributed by atoms with Gasteiger partial charge in [0.05, 0.1) is 18.4 Å². The molecule has 0 N–H and O–H groups in total. The Bertz CT molecular complexity index is 781. The van der Waals surface area contributed by atoms with Gasteiger partial charge >= 0.3 is 0 Å². The van der Waals surface area contributed by atoms with E-state index in [4.69, 9.17) is 9.47 Å². The molecule has 2 aliphatic rings. The highest BCUT2D eigenvalue weighted by Crippen LogP contribution is 2.23. The first kappa shape index (κ1) is 22.5. The van der Waals surface area contributed by atoms with Crippen LogP contribution in [0.4, 0.5) is 0 Å². The second-order valence-corrected chi connectivity index (χ2v) is 9.17. The highest BCUT2D eigenvalue weighted by Gasteiger charge is 2.25. The number of likely N-dealkylation sites (tertiary alicyclic amines) is 1.